The highest BCUT2D eigenvalue weighted by Gasteiger charge is 2.23. The summed E-state index contributed by atoms with van der Waals surface area (Å²) in [5.41, 5.74) is 0. The van der Waals surface area contributed by atoms with Crippen LogP contribution in [0.15, 0.2) is 6.20 Å². The van der Waals surface area contributed by atoms with E-state index < -0.39 is 6.10 Å². The van der Waals surface area contributed by atoms with E-state index >= 15 is 0 Å². The smallest absolute Gasteiger partial charge is 0.245 e. The zero-order valence-corrected chi connectivity index (χ0v) is 10.8. The molecule has 2 atom stereocenters. The zero-order chi connectivity index (χ0) is 12.1. The molecule has 0 spiro atoms. The molecule has 17 heavy (non-hydrogen) atoms. The summed E-state index contributed by atoms with van der Waals surface area (Å²) in [6.45, 7) is 2.98. The van der Waals surface area contributed by atoms with Gasteiger partial charge >= 0.3 is 0 Å². The summed E-state index contributed by atoms with van der Waals surface area (Å²) in [4.78, 5) is 0. The van der Waals surface area contributed by atoms with Crippen LogP contribution in [0.4, 0.5) is 0 Å². The molecule has 2 unspecified atom stereocenters. The van der Waals surface area contributed by atoms with Crippen LogP contribution in [0, 0.1) is 5.92 Å². The Bertz CT molecular complexity index is 317. The summed E-state index contributed by atoms with van der Waals surface area (Å²) in [5.74, 6) is 1.40. The SMILES string of the molecule is CC(CC1CC1)NCC(O)COc1cnsn1. The van der Waals surface area contributed by atoms with Gasteiger partial charge in [-0.3, -0.25) is 0 Å². The number of hydrogen-bond donors (Lipinski definition) is 2. The molecule has 0 amide bonds. The molecule has 1 aliphatic rings. The van der Waals surface area contributed by atoms with Gasteiger partial charge in [0.1, 0.15) is 18.9 Å². The first-order chi connectivity index (χ1) is 8.24. The number of nitrogens with zero attached hydrogens (tertiary/aromatic N) is 2. The lowest BCUT2D eigenvalue weighted by Crippen LogP contribution is -2.36. The minimum Gasteiger partial charge on any atom is -0.473 e. The molecule has 0 bridgehead atoms. The highest BCUT2D eigenvalue weighted by molar-refractivity contribution is 6.99. The second-order valence-corrected chi connectivity index (χ2v) is 5.26. The van der Waals surface area contributed by atoms with E-state index in [0.29, 0.717) is 18.5 Å². The molecule has 2 N–H and O–H groups in total. The zero-order valence-electron chi connectivity index (χ0n) is 10.0. The maximum atomic E-state index is 9.71. The number of hydrogen-bond acceptors (Lipinski definition) is 6. The van der Waals surface area contributed by atoms with Crippen molar-refractivity contribution in [2.75, 3.05) is 13.2 Å². The fourth-order valence-electron chi connectivity index (χ4n) is 1.73. The molecule has 1 saturated carbocycles. The summed E-state index contributed by atoms with van der Waals surface area (Å²) >= 11 is 1.10. The van der Waals surface area contributed by atoms with Crippen LogP contribution in [-0.2, 0) is 0 Å². The largest absolute Gasteiger partial charge is 0.473 e. The topological polar surface area (TPSA) is 67.3 Å². The standard InChI is InChI=1S/C11H19N3O2S/c1-8(4-9-2-3-9)12-5-10(15)7-16-11-6-13-17-14-11/h6,8-10,12,15H,2-5,7H2,1H3. The van der Waals surface area contributed by atoms with Crippen molar-refractivity contribution in [2.24, 2.45) is 5.92 Å². The minimum atomic E-state index is -0.502. The van der Waals surface area contributed by atoms with E-state index in [1.165, 1.54) is 19.3 Å². The van der Waals surface area contributed by atoms with E-state index in [4.69, 9.17) is 4.74 Å². The first-order valence-electron chi connectivity index (χ1n) is 6.06. The van der Waals surface area contributed by atoms with Gasteiger partial charge in [-0.15, -0.1) is 4.37 Å². The van der Waals surface area contributed by atoms with Gasteiger partial charge in [-0.2, -0.15) is 4.37 Å². The Labute approximate surface area is 106 Å². The molecular weight excluding hydrogens is 238 g/mol. The van der Waals surface area contributed by atoms with Gasteiger partial charge in [-0.25, -0.2) is 0 Å². The number of rotatable bonds is 8. The van der Waals surface area contributed by atoms with Crippen LogP contribution in [0.2, 0.25) is 0 Å². The lowest BCUT2D eigenvalue weighted by molar-refractivity contribution is 0.101. The average Bonchev–Trinajstić information content (AvgIpc) is 2.96. The van der Waals surface area contributed by atoms with Gasteiger partial charge in [0.15, 0.2) is 0 Å². The van der Waals surface area contributed by atoms with Crippen molar-refractivity contribution in [1.82, 2.24) is 14.1 Å². The molecule has 1 aliphatic carbocycles. The highest BCUT2D eigenvalue weighted by atomic mass is 32.1. The molecule has 1 fully saturated rings. The predicted molar refractivity (Wildman–Crippen MR) is 66.2 cm³/mol. The van der Waals surface area contributed by atoms with Crippen LogP contribution in [0.25, 0.3) is 0 Å². The second kappa shape index (κ2) is 6.28. The van der Waals surface area contributed by atoms with Crippen molar-refractivity contribution < 1.29 is 9.84 Å². The third kappa shape index (κ3) is 4.97. The first kappa shape index (κ1) is 12.7. The summed E-state index contributed by atoms with van der Waals surface area (Å²) in [7, 11) is 0. The van der Waals surface area contributed by atoms with Gasteiger partial charge in [0.25, 0.3) is 0 Å². The van der Waals surface area contributed by atoms with Crippen molar-refractivity contribution in [3.05, 3.63) is 6.20 Å². The lowest BCUT2D eigenvalue weighted by Gasteiger charge is -2.16. The third-order valence-electron chi connectivity index (χ3n) is 2.85. The molecule has 0 radical (unpaired) electrons. The number of aromatic nitrogens is 2. The van der Waals surface area contributed by atoms with Gasteiger partial charge < -0.3 is 15.2 Å². The van der Waals surface area contributed by atoms with E-state index in [1.54, 1.807) is 6.20 Å². The van der Waals surface area contributed by atoms with Crippen LogP contribution in [0.3, 0.4) is 0 Å². The average molecular weight is 257 g/mol. The van der Waals surface area contributed by atoms with Crippen LogP contribution in [-0.4, -0.2) is 39.2 Å². The van der Waals surface area contributed by atoms with E-state index in [0.717, 1.165) is 17.6 Å². The quantitative estimate of drug-likeness (QED) is 0.729. The Morgan fingerprint density at radius 1 is 1.65 bits per heavy atom. The summed E-state index contributed by atoms with van der Waals surface area (Å²) in [6.07, 6.45) is 5.01. The number of ether oxygens (including phenoxy) is 1. The van der Waals surface area contributed by atoms with Gasteiger partial charge in [0.05, 0.1) is 11.7 Å². The Morgan fingerprint density at radius 3 is 3.12 bits per heavy atom. The molecule has 96 valence electrons. The highest BCUT2D eigenvalue weighted by Crippen LogP contribution is 2.33. The summed E-state index contributed by atoms with van der Waals surface area (Å²) in [5, 5.41) is 13.0. The number of nitrogens with one attached hydrogen (secondary N) is 1. The Hall–Kier alpha value is -0.720. The molecule has 5 nitrogen and oxygen atoms in total. The Balaban J connectivity index is 1.55. The fraction of sp³-hybridized carbons (Fsp3) is 0.818. The van der Waals surface area contributed by atoms with Crippen LogP contribution in [0.5, 0.6) is 5.88 Å². The molecule has 0 aromatic carbocycles. The van der Waals surface area contributed by atoms with E-state index in [9.17, 15) is 5.11 Å². The van der Waals surface area contributed by atoms with Gasteiger partial charge in [0, 0.05) is 12.6 Å². The van der Waals surface area contributed by atoms with Crippen molar-refractivity contribution in [3.8, 4) is 5.88 Å². The third-order valence-corrected chi connectivity index (χ3v) is 3.31. The molecular formula is C11H19N3O2S. The molecule has 2 rings (SSSR count). The molecule has 1 aromatic heterocycles. The first-order valence-corrected chi connectivity index (χ1v) is 6.79. The molecule has 6 heteroatoms. The summed E-state index contributed by atoms with van der Waals surface area (Å²) < 4.78 is 13.0. The fourth-order valence-corrected chi connectivity index (χ4v) is 2.10. The van der Waals surface area contributed by atoms with Crippen molar-refractivity contribution in [1.29, 1.82) is 0 Å². The predicted octanol–water partition coefficient (Wildman–Crippen LogP) is 1.06. The maximum Gasteiger partial charge on any atom is 0.245 e. The Kier molecular flexibility index (Phi) is 4.70. The Morgan fingerprint density at radius 2 is 2.47 bits per heavy atom. The van der Waals surface area contributed by atoms with E-state index in [2.05, 4.69) is 21.0 Å². The van der Waals surface area contributed by atoms with E-state index in [-0.39, 0.29) is 6.61 Å². The van der Waals surface area contributed by atoms with Crippen LogP contribution in [0.1, 0.15) is 26.2 Å². The van der Waals surface area contributed by atoms with Crippen LogP contribution < -0.4 is 10.1 Å². The monoisotopic (exact) mass is 257 g/mol. The van der Waals surface area contributed by atoms with E-state index in [1.807, 2.05) is 0 Å². The maximum absolute atomic E-state index is 9.71. The van der Waals surface area contributed by atoms with Crippen LogP contribution >= 0.6 is 11.7 Å². The second-order valence-electron chi connectivity index (χ2n) is 4.70. The molecule has 1 aromatic rings. The molecule has 1 heterocycles. The number of aliphatic hydroxyl groups excluding tert-OH is 1. The minimum absolute atomic E-state index is 0.258. The summed E-state index contributed by atoms with van der Waals surface area (Å²) in [6, 6.07) is 0.470. The normalized spacial score (nSPS) is 18.9. The molecule has 0 aliphatic heterocycles. The molecule has 0 saturated heterocycles. The van der Waals surface area contributed by atoms with Gasteiger partial charge in [-0.1, -0.05) is 12.8 Å². The van der Waals surface area contributed by atoms with Crippen molar-refractivity contribution in [2.45, 2.75) is 38.3 Å². The number of aliphatic hydroxyl groups is 1. The lowest BCUT2D eigenvalue weighted by atomic mass is 10.1. The van der Waals surface area contributed by atoms with Gasteiger partial charge in [-0.05, 0) is 19.3 Å². The van der Waals surface area contributed by atoms with Crippen molar-refractivity contribution in [3.63, 3.8) is 0 Å². The van der Waals surface area contributed by atoms with Crippen molar-refractivity contribution >= 4 is 11.7 Å². The van der Waals surface area contributed by atoms with Gasteiger partial charge in [0.2, 0.25) is 5.88 Å².